The predicted octanol–water partition coefficient (Wildman–Crippen LogP) is 4.47. The van der Waals surface area contributed by atoms with E-state index in [1.54, 1.807) is 17.9 Å². The topological polar surface area (TPSA) is 81.1 Å². The largest absolute Gasteiger partial charge is 0.472 e. The third kappa shape index (κ3) is 4.54. The van der Waals surface area contributed by atoms with Gasteiger partial charge in [-0.05, 0) is 49.8 Å². The molecule has 2 saturated heterocycles. The van der Waals surface area contributed by atoms with Crippen LogP contribution in [0.5, 0.6) is 5.88 Å². The molecular weight excluding hydrogens is 466 g/mol. The van der Waals surface area contributed by atoms with E-state index in [-0.39, 0.29) is 35.3 Å². The van der Waals surface area contributed by atoms with Crippen molar-refractivity contribution in [3.8, 4) is 17.3 Å². The second-order valence-corrected chi connectivity index (χ2v) is 8.82. The molecule has 1 aliphatic carbocycles. The Labute approximate surface area is 198 Å². The fourth-order valence-electron chi connectivity index (χ4n) is 4.84. The third-order valence-corrected chi connectivity index (χ3v) is 6.52. The van der Waals surface area contributed by atoms with E-state index < -0.39 is 23.7 Å². The van der Waals surface area contributed by atoms with Gasteiger partial charge in [0.25, 0.3) is 5.91 Å². The molecule has 1 amide bonds. The van der Waals surface area contributed by atoms with Crippen LogP contribution in [0, 0.1) is 18.7 Å². The average Bonchev–Trinajstić information content (AvgIpc) is 2.84. The first kappa shape index (κ1) is 23.1. The zero-order valence-electron chi connectivity index (χ0n) is 18.7. The number of aryl methyl sites for hydroxylation is 1. The summed E-state index contributed by atoms with van der Waals surface area (Å²) < 4.78 is 57.9. The van der Waals surface area contributed by atoms with Crippen molar-refractivity contribution in [2.75, 3.05) is 6.54 Å². The van der Waals surface area contributed by atoms with Crippen molar-refractivity contribution in [3.05, 3.63) is 65.6 Å². The van der Waals surface area contributed by atoms with Gasteiger partial charge in [-0.3, -0.25) is 9.78 Å². The summed E-state index contributed by atoms with van der Waals surface area (Å²) in [4.78, 5) is 31.6. The first-order valence-corrected chi connectivity index (χ1v) is 11.1. The monoisotopic (exact) mass is 487 g/mol. The van der Waals surface area contributed by atoms with E-state index in [0.717, 1.165) is 36.6 Å². The zero-order valence-corrected chi connectivity index (χ0v) is 18.7. The Morgan fingerprint density at radius 2 is 1.83 bits per heavy atom. The number of piperidine rings is 2. The number of aromatic nitrogens is 4. The minimum Gasteiger partial charge on any atom is -0.472 e. The fraction of sp³-hybridized carbons (Fsp3) is 0.375. The van der Waals surface area contributed by atoms with E-state index in [1.807, 2.05) is 0 Å². The maximum Gasteiger partial charge on any atom is 0.417 e. The van der Waals surface area contributed by atoms with Crippen LogP contribution >= 0.6 is 0 Å². The summed E-state index contributed by atoms with van der Waals surface area (Å²) in [6, 6.07) is 3.56. The molecule has 3 atom stereocenters. The average molecular weight is 487 g/mol. The summed E-state index contributed by atoms with van der Waals surface area (Å²) in [5, 5.41) is 0. The van der Waals surface area contributed by atoms with Crippen LogP contribution in [0.3, 0.4) is 0 Å². The lowest BCUT2D eigenvalue weighted by Crippen LogP contribution is -2.59. The molecule has 35 heavy (non-hydrogen) atoms. The van der Waals surface area contributed by atoms with Gasteiger partial charge in [-0.15, -0.1) is 0 Å². The van der Waals surface area contributed by atoms with Gasteiger partial charge in [-0.1, -0.05) is 0 Å². The molecule has 0 spiro atoms. The third-order valence-electron chi connectivity index (χ3n) is 6.52. The second kappa shape index (κ2) is 8.86. The quantitative estimate of drug-likeness (QED) is 0.505. The summed E-state index contributed by atoms with van der Waals surface area (Å²) in [6.45, 7) is 2.31. The number of fused-ring (bicyclic) bond motifs is 3. The number of rotatable bonds is 4. The van der Waals surface area contributed by atoms with Crippen LogP contribution in [0.15, 0.2) is 43.0 Å². The highest BCUT2D eigenvalue weighted by molar-refractivity contribution is 5.99. The molecule has 3 fully saturated rings. The number of pyridine rings is 2. The van der Waals surface area contributed by atoms with Crippen molar-refractivity contribution in [2.45, 2.75) is 44.5 Å². The minimum absolute atomic E-state index is 0.0806. The SMILES string of the molecule is Cc1ccnc(C(=O)N2C[C@@H]3CC[C@H]2[C@H](Oc2ccc(C(F)(F)F)cn2)C3)c1-c1ncc(F)cn1. The molecule has 11 heteroatoms. The molecule has 3 aromatic heterocycles. The zero-order chi connectivity index (χ0) is 24.7. The van der Waals surface area contributed by atoms with Crippen molar-refractivity contribution in [1.29, 1.82) is 0 Å². The number of alkyl halides is 3. The number of carbonyl (C=O) groups is 1. The highest BCUT2D eigenvalue weighted by Gasteiger charge is 2.45. The summed E-state index contributed by atoms with van der Waals surface area (Å²) in [7, 11) is 0. The molecule has 0 radical (unpaired) electrons. The molecule has 3 aliphatic rings. The van der Waals surface area contributed by atoms with Crippen LogP contribution < -0.4 is 4.74 Å². The fourth-order valence-corrected chi connectivity index (χ4v) is 4.84. The summed E-state index contributed by atoms with van der Waals surface area (Å²) >= 11 is 0. The Balaban J connectivity index is 1.41. The molecule has 5 heterocycles. The molecule has 0 N–H and O–H groups in total. The summed E-state index contributed by atoms with van der Waals surface area (Å²) in [6.07, 6.45) is 1.73. The van der Waals surface area contributed by atoms with E-state index in [2.05, 4.69) is 19.9 Å². The Morgan fingerprint density at radius 3 is 2.49 bits per heavy atom. The number of hydrogen-bond donors (Lipinski definition) is 0. The molecular formula is C24H21F4N5O2. The predicted molar refractivity (Wildman–Crippen MR) is 116 cm³/mol. The molecule has 2 aliphatic heterocycles. The Hall–Kier alpha value is -3.63. The maximum atomic E-state index is 13.7. The number of halogens is 4. The lowest BCUT2D eigenvalue weighted by molar-refractivity contribution is -0.137. The van der Waals surface area contributed by atoms with Crippen molar-refractivity contribution in [1.82, 2.24) is 24.8 Å². The van der Waals surface area contributed by atoms with Gasteiger partial charge in [0.2, 0.25) is 5.88 Å². The maximum absolute atomic E-state index is 13.7. The molecule has 3 aromatic rings. The number of ether oxygens (including phenoxy) is 1. The van der Waals surface area contributed by atoms with Crippen LogP contribution in [-0.2, 0) is 6.18 Å². The van der Waals surface area contributed by atoms with Gasteiger partial charge in [-0.2, -0.15) is 13.2 Å². The van der Waals surface area contributed by atoms with Gasteiger partial charge in [0.1, 0.15) is 11.8 Å². The molecule has 6 rings (SSSR count). The first-order valence-electron chi connectivity index (χ1n) is 11.1. The number of nitrogens with zero attached hydrogens (tertiary/aromatic N) is 5. The van der Waals surface area contributed by atoms with Crippen molar-refractivity contribution in [2.24, 2.45) is 5.92 Å². The Bertz CT molecular complexity index is 1230. The second-order valence-electron chi connectivity index (χ2n) is 8.82. The van der Waals surface area contributed by atoms with E-state index in [1.165, 1.54) is 12.3 Å². The normalized spacial score (nSPS) is 21.7. The molecule has 182 valence electrons. The van der Waals surface area contributed by atoms with Gasteiger partial charge in [-0.25, -0.2) is 19.3 Å². The highest BCUT2D eigenvalue weighted by Crippen LogP contribution is 2.39. The van der Waals surface area contributed by atoms with E-state index in [4.69, 9.17) is 4.74 Å². The summed E-state index contributed by atoms with van der Waals surface area (Å²) in [5.74, 6) is -0.451. The Morgan fingerprint density at radius 1 is 1.06 bits per heavy atom. The van der Waals surface area contributed by atoms with E-state index in [0.29, 0.717) is 24.9 Å². The lowest BCUT2D eigenvalue weighted by atomic mass is 9.77. The smallest absolute Gasteiger partial charge is 0.417 e. The molecule has 1 saturated carbocycles. The van der Waals surface area contributed by atoms with Crippen LogP contribution in [-0.4, -0.2) is 49.4 Å². The van der Waals surface area contributed by atoms with Crippen molar-refractivity contribution >= 4 is 5.91 Å². The van der Waals surface area contributed by atoms with E-state index in [9.17, 15) is 22.4 Å². The lowest BCUT2D eigenvalue weighted by Gasteiger charge is -2.49. The first-order chi connectivity index (χ1) is 16.7. The number of carbonyl (C=O) groups excluding carboxylic acids is 1. The van der Waals surface area contributed by atoms with Gasteiger partial charge < -0.3 is 9.64 Å². The number of amides is 1. The Kier molecular flexibility index (Phi) is 5.86. The highest BCUT2D eigenvalue weighted by atomic mass is 19.4. The number of hydrogen-bond acceptors (Lipinski definition) is 6. The van der Waals surface area contributed by atoms with Crippen LogP contribution in [0.4, 0.5) is 17.6 Å². The minimum atomic E-state index is -4.48. The van der Waals surface area contributed by atoms with Gasteiger partial charge in [0.15, 0.2) is 11.6 Å². The van der Waals surface area contributed by atoms with Gasteiger partial charge in [0, 0.05) is 25.0 Å². The van der Waals surface area contributed by atoms with Crippen LogP contribution in [0.25, 0.3) is 11.4 Å². The van der Waals surface area contributed by atoms with Crippen molar-refractivity contribution in [3.63, 3.8) is 0 Å². The molecule has 7 nitrogen and oxygen atoms in total. The standard InChI is InChI=1S/C24H21F4N5O2/c1-13-6-7-29-21(20(13)22-31-10-16(25)11-32-22)23(34)33-12-14-2-4-17(33)18(8-14)35-19-5-3-15(9-30-19)24(26,27)28/h3,5-7,9-11,14,17-18H,2,4,8,12H2,1H3/t14-,17+,18-/m1/s1. The molecule has 0 aromatic carbocycles. The summed E-state index contributed by atoms with van der Waals surface area (Å²) in [5.41, 5.74) is 0.461. The van der Waals surface area contributed by atoms with Crippen LogP contribution in [0.2, 0.25) is 0 Å². The van der Waals surface area contributed by atoms with Crippen molar-refractivity contribution < 1.29 is 27.1 Å². The van der Waals surface area contributed by atoms with Gasteiger partial charge >= 0.3 is 6.18 Å². The van der Waals surface area contributed by atoms with Gasteiger partial charge in [0.05, 0.1) is 29.6 Å². The molecule has 0 unspecified atom stereocenters. The van der Waals surface area contributed by atoms with Crippen LogP contribution in [0.1, 0.15) is 40.9 Å². The molecule has 2 bridgehead atoms. The van der Waals surface area contributed by atoms with E-state index >= 15 is 0 Å².